The van der Waals surface area contributed by atoms with Gasteiger partial charge in [-0.2, -0.15) is 0 Å². The Bertz CT molecular complexity index is 1250. The molecule has 1 N–H and O–H groups in total. The fraction of sp³-hybridized carbons (Fsp3) is 0.200. The van der Waals surface area contributed by atoms with Crippen molar-refractivity contribution in [2.24, 2.45) is 0 Å². The third kappa shape index (κ3) is 3.87. The van der Waals surface area contributed by atoms with Crippen molar-refractivity contribution in [3.05, 3.63) is 82.3 Å². The molecule has 1 saturated heterocycles. The Morgan fingerprint density at radius 2 is 1.78 bits per heavy atom. The first-order valence-electron chi connectivity index (χ1n) is 10.4. The molecule has 6 nitrogen and oxygen atoms in total. The van der Waals surface area contributed by atoms with Gasteiger partial charge in [0.1, 0.15) is 11.4 Å². The summed E-state index contributed by atoms with van der Waals surface area (Å²) < 4.78 is 2.00. The second kappa shape index (κ2) is 8.51. The van der Waals surface area contributed by atoms with E-state index in [1.807, 2.05) is 74.0 Å². The molecule has 0 atom stereocenters. The molecule has 1 aliphatic heterocycles. The van der Waals surface area contributed by atoms with Gasteiger partial charge in [-0.1, -0.05) is 25.1 Å². The van der Waals surface area contributed by atoms with Crippen molar-refractivity contribution in [2.45, 2.75) is 34.1 Å². The number of nitrogens with one attached hydrogen (secondary N) is 1. The number of hydrogen-bond acceptors (Lipinski definition) is 4. The lowest BCUT2D eigenvalue weighted by atomic mass is 10.1. The Hall–Kier alpha value is -3.58. The maximum Gasteiger partial charge on any atom is 0.270 e. The van der Waals surface area contributed by atoms with Gasteiger partial charge in [0.25, 0.3) is 11.8 Å². The predicted molar refractivity (Wildman–Crippen MR) is 130 cm³/mol. The van der Waals surface area contributed by atoms with Gasteiger partial charge >= 0.3 is 0 Å². The first-order valence-corrected chi connectivity index (χ1v) is 10.8. The molecule has 32 heavy (non-hydrogen) atoms. The molecule has 0 spiro atoms. The minimum absolute atomic E-state index is 0.0373. The van der Waals surface area contributed by atoms with Gasteiger partial charge in [0.05, 0.1) is 5.69 Å². The van der Waals surface area contributed by atoms with Crippen LogP contribution in [-0.4, -0.2) is 26.5 Å². The number of nitrogens with zero attached hydrogens (tertiary/aromatic N) is 3. The average molecular weight is 445 g/mol. The summed E-state index contributed by atoms with van der Waals surface area (Å²) in [5.41, 5.74) is 5.51. The summed E-state index contributed by atoms with van der Waals surface area (Å²) in [6.07, 6.45) is 4.33. The van der Waals surface area contributed by atoms with E-state index in [0.717, 1.165) is 40.3 Å². The molecular weight excluding hydrogens is 420 g/mol. The maximum atomic E-state index is 13.3. The molecule has 1 fully saturated rings. The van der Waals surface area contributed by atoms with Crippen molar-refractivity contribution in [2.75, 3.05) is 4.90 Å². The van der Waals surface area contributed by atoms with Crippen LogP contribution in [0, 0.1) is 20.8 Å². The van der Waals surface area contributed by atoms with Gasteiger partial charge in [-0.05, 0) is 86.4 Å². The number of carbonyl (C=O) groups excluding carboxylic acids is 2. The maximum absolute atomic E-state index is 13.3. The van der Waals surface area contributed by atoms with Crippen LogP contribution in [0.4, 0.5) is 5.69 Å². The molecule has 0 saturated carbocycles. The summed E-state index contributed by atoms with van der Waals surface area (Å²) in [4.78, 5) is 31.9. The second-order valence-corrected chi connectivity index (χ2v) is 8.22. The van der Waals surface area contributed by atoms with Crippen LogP contribution in [0.2, 0.25) is 0 Å². The summed E-state index contributed by atoms with van der Waals surface area (Å²) in [7, 11) is 0. The standard InChI is InChI=1S/C25H24N4O2S/c1-5-18-7-9-20(10-8-18)29-24(31)21(23(30)27-25(29)32)13-19-12-16(3)28(17(19)4)22-11-6-15(2)14-26-22/h6-14H,5H2,1-4H3,(H,27,30,32). The van der Waals surface area contributed by atoms with Crippen LogP contribution in [0.3, 0.4) is 0 Å². The van der Waals surface area contributed by atoms with E-state index in [0.29, 0.717) is 5.69 Å². The number of rotatable bonds is 4. The van der Waals surface area contributed by atoms with Crippen LogP contribution < -0.4 is 10.2 Å². The Labute approximate surface area is 192 Å². The summed E-state index contributed by atoms with van der Waals surface area (Å²) >= 11 is 5.30. The number of carbonyl (C=O) groups is 2. The molecule has 0 bridgehead atoms. The van der Waals surface area contributed by atoms with Crippen molar-refractivity contribution in [3.63, 3.8) is 0 Å². The fourth-order valence-electron chi connectivity index (χ4n) is 3.81. The first-order chi connectivity index (χ1) is 15.3. The highest BCUT2D eigenvalue weighted by Gasteiger charge is 2.34. The molecule has 1 aromatic carbocycles. The highest BCUT2D eigenvalue weighted by Crippen LogP contribution is 2.26. The van der Waals surface area contributed by atoms with Crippen LogP contribution in [0.1, 0.15) is 35.0 Å². The number of aromatic nitrogens is 2. The van der Waals surface area contributed by atoms with Crippen molar-refractivity contribution < 1.29 is 9.59 Å². The molecule has 0 radical (unpaired) electrons. The molecule has 0 unspecified atom stereocenters. The number of amides is 2. The topological polar surface area (TPSA) is 67.2 Å². The van der Waals surface area contributed by atoms with Gasteiger partial charge < -0.3 is 4.57 Å². The Morgan fingerprint density at radius 1 is 1.06 bits per heavy atom. The minimum atomic E-state index is -0.500. The molecule has 2 amide bonds. The van der Waals surface area contributed by atoms with Crippen LogP contribution in [-0.2, 0) is 16.0 Å². The van der Waals surface area contributed by atoms with E-state index >= 15 is 0 Å². The van der Waals surface area contributed by atoms with E-state index in [2.05, 4.69) is 17.2 Å². The molecule has 0 aliphatic carbocycles. The molecule has 1 aliphatic rings. The number of aryl methyl sites for hydroxylation is 3. The summed E-state index contributed by atoms with van der Waals surface area (Å²) in [6.45, 7) is 7.96. The van der Waals surface area contributed by atoms with E-state index in [-0.39, 0.29) is 10.7 Å². The number of thiocarbonyl (C=S) groups is 1. The summed E-state index contributed by atoms with van der Waals surface area (Å²) in [6, 6.07) is 13.5. The average Bonchev–Trinajstić information content (AvgIpc) is 3.05. The highest BCUT2D eigenvalue weighted by molar-refractivity contribution is 7.80. The molecule has 3 aromatic rings. The van der Waals surface area contributed by atoms with Crippen LogP contribution >= 0.6 is 12.2 Å². The second-order valence-electron chi connectivity index (χ2n) is 7.83. The Balaban J connectivity index is 1.73. The van der Waals surface area contributed by atoms with Crippen LogP contribution in [0.5, 0.6) is 0 Å². The quantitative estimate of drug-likeness (QED) is 0.372. The van der Waals surface area contributed by atoms with Gasteiger partial charge in [0, 0.05) is 17.6 Å². The fourth-order valence-corrected chi connectivity index (χ4v) is 4.09. The van der Waals surface area contributed by atoms with E-state index in [1.54, 1.807) is 6.08 Å². The van der Waals surface area contributed by atoms with E-state index < -0.39 is 11.8 Å². The molecule has 162 valence electrons. The highest BCUT2D eigenvalue weighted by atomic mass is 32.1. The zero-order chi connectivity index (χ0) is 23.0. The number of hydrogen-bond donors (Lipinski definition) is 1. The normalized spacial score (nSPS) is 15.4. The molecule has 3 heterocycles. The van der Waals surface area contributed by atoms with Crippen LogP contribution in [0.25, 0.3) is 11.9 Å². The molecular formula is C25H24N4O2S. The molecule has 2 aromatic heterocycles. The largest absolute Gasteiger partial charge is 0.303 e. The van der Waals surface area contributed by atoms with Crippen molar-refractivity contribution in [1.29, 1.82) is 0 Å². The lowest BCUT2D eigenvalue weighted by Gasteiger charge is -2.29. The lowest BCUT2D eigenvalue weighted by Crippen LogP contribution is -2.54. The summed E-state index contributed by atoms with van der Waals surface area (Å²) in [5, 5.41) is 2.73. The van der Waals surface area contributed by atoms with Gasteiger partial charge in [-0.3, -0.25) is 19.8 Å². The monoisotopic (exact) mass is 444 g/mol. The molecule has 7 heteroatoms. The minimum Gasteiger partial charge on any atom is -0.303 e. The number of benzene rings is 1. The first kappa shape index (κ1) is 21.6. The third-order valence-corrected chi connectivity index (χ3v) is 5.88. The lowest BCUT2D eigenvalue weighted by molar-refractivity contribution is -0.122. The van der Waals surface area contributed by atoms with E-state index in [4.69, 9.17) is 12.2 Å². The van der Waals surface area contributed by atoms with Crippen LogP contribution in [0.15, 0.2) is 54.2 Å². The van der Waals surface area contributed by atoms with Gasteiger partial charge in [-0.25, -0.2) is 4.98 Å². The van der Waals surface area contributed by atoms with Crippen molar-refractivity contribution in [1.82, 2.24) is 14.9 Å². The number of anilines is 1. The Morgan fingerprint density at radius 3 is 2.41 bits per heavy atom. The van der Waals surface area contributed by atoms with E-state index in [9.17, 15) is 9.59 Å². The third-order valence-electron chi connectivity index (χ3n) is 5.60. The Kier molecular flexibility index (Phi) is 5.76. The van der Waals surface area contributed by atoms with Gasteiger partial charge in [-0.15, -0.1) is 0 Å². The number of pyridine rings is 1. The van der Waals surface area contributed by atoms with Gasteiger partial charge in [0.15, 0.2) is 5.11 Å². The van der Waals surface area contributed by atoms with Crippen molar-refractivity contribution in [3.8, 4) is 5.82 Å². The smallest absolute Gasteiger partial charge is 0.270 e. The summed E-state index contributed by atoms with van der Waals surface area (Å²) in [5.74, 6) is -0.158. The SMILES string of the molecule is CCc1ccc(N2C(=O)C(=Cc3cc(C)n(-c4ccc(C)cn4)c3C)C(=O)NC2=S)cc1. The molecule has 4 rings (SSSR count). The predicted octanol–water partition coefficient (Wildman–Crippen LogP) is 4.19. The van der Waals surface area contributed by atoms with Crippen molar-refractivity contribution >= 4 is 40.9 Å². The zero-order valence-electron chi connectivity index (χ0n) is 18.5. The van der Waals surface area contributed by atoms with Gasteiger partial charge in [0.2, 0.25) is 0 Å². The van der Waals surface area contributed by atoms with E-state index in [1.165, 1.54) is 4.90 Å². The zero-order valence-corrected chi connectivity index (χ0v) is 19.3.